The molecule has 0 aromatic carbocycles. The van der Waals surface area contributed by atoms with Crippen LogP contribution in [-0.4, -0.2) is 37.2 Å². The third-order valence-corrected chi connectivity index (χ3v) is 5.90. The fourth-order valence-electron chi connectivity index (χ4n) is 3.20. The average Bonchev–Trinajstić information content (AvgIpc) is 3.00. The Morgan fingerprint density at radius 2 is 2.21 bits per heavy atom. The Hall–Kier alpha value is -0.420. The van der Waals surface area contributed by atoms with Gasteiger partial charge in [0.05, 0.1) is 6.10 Å². The van der Waals surface area contributed by atoms with Crippen molar-refractivity contribution in [3.05, 3.63) is 22.4 Å². The van der Waals surface area contributed by atoms with Gasteiger partial charge in [0.25, 0.3) is 0 Å². The maximum Gasteiger partial charge on any atom is 0.0572 e. The van der Waals surface area contributed by atoms with E-state index in [2.05, 4.69) is 36.4 Å². The summed E-state index contributed by atoms with van der Waals surface area (Å²) in [5, 5.41) is 2.15. The van der Waals surface area contributed by atoms with Gasteiger partial charge in [-0.05, 0) is 51.1 Å². The molecule has 1 aliphatic carbocycles. The topological polar surface area (TPSA) is 38.5 Å². The van der Waals surface area contributed by atoms with Crippen LogP contribution in [0, 0.1) is 0 Å². The first-order chi connectivity index (χ1) is 9.13. The van der Waals surface area contributed by atoms with Crippen molar-refractivity contribution in [2.24, 2.45) is 5.73 Å². The van der Waals surface area contributed by atoms with Gasteiger partial charge >= 0.3 is 0 Å². The van der Waals surface area contributed by atoms with Crippen molar-refractivity contribution in [1.29, 1.82) is 0 Å². The van der Waals surface area contributed by atoms with Gasteiger partial charge in [-0.25, -0.2) is 0 Å². The molecule has 2 N–H and O–H groups in total. The number of nitrogens with zero attached hydrogens (tertiary/aromatic N) is 1. The van der Waals surface area contributed by atoms with E-state index in [1.807, 2.05) is 18.4 Å². The van der Waals surface area contributed by atoms with Crippen molar-refractivity contribution in [2.75, 3.05) is 20.7 Å². The van der Waals surface area contributed by atoms with Crippen LogP contribution in [0.5, 0.6) is 0 Å². The molecule has 1 fully saturated rings. The molecular formula is C15H26N2OS. The molecule has 4 heteroatoms. The van der Waals surface area contributed by atoms with Crippen LogP contribution in [0.3, 0.4) is 0 Å². The number of likely N-dealkylation sites (N-methyl/N-ethyl adjacent to an activating group) is 1. The number of hydrogen-bond acceptors (Lipinski definition) is 4. The standard InChI is InChI=1S/C15H26N2OS/c1-12(14-5-4-10-19-14)17(2)15(11-16)8-6-13(18-3)7-9-15/h4-5,10,12-13H,6-9,11,16H2,1-3H3. The molecule has 0 saturated heterocycles. The van der Waals surface area contributed by atoms with E-state index in [4.69, 9.17) is 10.5 Å². The molecule has 3 nitrogen and oxygen atoms in total. The molecule has 0 amide bonds. The minimum atomic E-state index is 0.137. The predicted octanol–water partition coefficient (Wildman–Crippen LogP) is 3.03. The van der Waals surface area contributed by atoms with Gasteiger partial charge in [-0.3, -0.25) is 4.90 Å². The van der Waals surface area contributed by atoms with Crippen LogP contribution >= 0.6 is 11.3 Å². The Kier molecular flexibility index (Phi) is 5.01. The van der Waals surface area contributed by atoms with Crippen molar-refractivity contribution in [3.63, 3.8) is 0 Å². The Balaban J connectivity index is 2.08. The van der Waals surface area contributed by atoms with Gasteiger partial charge in [-0.15, -0.1) is 11.3 Å². The second-order valence-corrected chi connectivity index (χ2v) is 6.65. The van der Waals surface area contributed by atoms with Crippen LogP contribution in [0.1, 0.15) is 43.5 Å². The molecule has 1 heterocycles. The zero-order valence-corrected chi connectivity index (χ0v) is 13.1. The number of thiophene rings is 1. The average molecular weight is 282 g/mol. The largest absolute Gasteiger partial charge is 0.381 e. The van der Waals surface area contributed by atoms with E-state index in [1.54, 1.807) is 0 Å². The second kappa shape index (κ2) is 6.35. The van der Waals surface area contributed by atoms with Gasteiger partial charge in [-0.2, -0.15) is 0 Å². The molecule has 19 heavy (non-hydrogen) atoms. The summed E-state index contributed by atoms with van der Waals surface area (Å²) in [6, 6.07) is 4.78. The van der Waals surface area contributed by atoms with E-state index in [0.29, 0.717) is 12.1 Å². The van der Waals surface area contributed by atoms with Gasteiger partial charge in [0, 0.05) is 30.1 Å². The first-order valence-corrected chi connectivity index (χ1v) is 8.00. The van der Waals surface area contributed by atoms with Crippen LogP contribution in [0.15, 0.2) is 17.5 Å². The van der Waals surface area contributed by atoms with E-state index in [-0.39, 0.29) is 5.54 Å². The maximum absolute atomic E-state index is 6.14. The third-order valence-electron chi connectivity index (χ3n) is 4.86. The number of ether oxygens (including phenoxy) is 1. The van der Waals surface area contributed by atoms with Crippen LogP contribution in [0.2, 0.25) is 0 Å². The maximum atomic E-state index is 6.14. The summed E-state index contributed by atoms with van der Waals surface area (Å²) in [5.41, 5.74) is 6.28. The summed E-state index contributed by atoms with van der Waals surface area (Å²) in [6.07, 6.45) is 4.93. The van der Waals surface area contributed by atoms with Crippen LogP contribution in [-0.2, 0) is 4.74 Å². The number of nitrogens with two attached hydrogens (primary N) is 1. The van der Waals surface area contributed by atoms with Crippen molar-refractivity contribution in [2.45, 2.75) is 50.3 Å². The van der Waals surface area contributed by atoms with Gasteiger partial charge in [0.1, 0.15) is 0 Å². The molecule has 1 aliphatic rings. The molecule has 108 valence electrons. The van der Waals surface area contributed by atoms with Gasteiger partial charge in [0.15, 0.2) is 0 Å². The summed E-state index contributed by atoms with van der Waals surface area (Å²) >= 11 is 1.83. The zero-order chi connectivity index (χ0) is 13.9. The monoisotopic (exact) mass is 282 g/mol. The highest BCUT2D eigenvalue weighted by Crippen LogP contribution is 2.38. The van der Waals surface area contributed by atoms with E-state index in [0.717, 1.165) is 32.2 Å². The van der Waals surface area contributed by atoms with Crippen molar-refractivity contribution in [1.82, 2.24) is 4.90 Å². The molecule has 1 aromatic rings. The summed E-state index contributed by atoms with van der Waals surface area (Å²) in [5.74, 6) is 0. The third kappa shape index (κ3) is 3.02. The molecular weight excluding hydrogens is 256 g/mol. The molecule has 1 aromatic heterocycles. The van der Waals surface area contributed by atoms with Crippen LogP contribution < -0.4 is 5.73 Å². The van der Waals surface area contributed by atoms with Crippen molar-refractivity contribution in [3.8, 4) is 0 Å². The minimum absolute atomic E-state index is 0.137. The highest BCUT2D eigenvalue weighted by atomic mass is 32.1. The Labute approximate surface area is 120 Å². The lowest BCUT2D eigenvalue weighted by Crippen LogP contribution is -2.55. The molecule has 0 spiro atoms. The Morgan fingerprint density at radius 1 is 1.53 bits per heavy atom. The molecule has 0 aliphatic heterocycles. The number of hydrogen-bond donors (Lipinski definition) is 1. The van der Waals surface area contributed by atoms with E-state index in [1.165, 1.54) is 4.88 Å². The van der Waals surface area contributed by atoms with Gasteiger partial charge in [0.2, 0.25) is 0 Å². The molecule has 1 unspecified atom stereocenters. The molecule has 0 radical (unpaired) electrons. The smallest absolute Gasteiger partial charge is 0.0572 e. The normalized spacial score (nSPS) is 29.6. The molecule has 0 bridgehead atoms. The molecule has 1 saturated carbocycles. The Morgan fingerprint density at radius 3 is 2.68 bits per heavy atom. The van der Waals surface area contributed by atoms with Crippen molar-refractivity contribution < 1.29 is 4.74 Å². The quantitative estimate of drug-likeness (QED) is 0.902. The van der Waals surface area contributed by atoms with E-state index < -0.39 is 0 Å². The zero-order valence-electron chi connectivity index (χ0n) is 12.3. The SMILES string of the molecule is COC1CCC(CN)(N(C)C(C)c2cccs2)CC1. The lowest BCUT2D eigenvalue weighted by molar-refractivity contribution is -0.0102. The Bertz CT molecular complexity index is 372. The van der Waals surface area contributed by atoms with Crippen LogP contribution in [0.25, 0.3) is 0 Å². The fraction of sp³-hybridized carbons (Fsp3) is 0.733. The van der Waals surface area contributed by atoms with E-state index in [9.17, 15) is 0 Å². The predicted molar refractivity (Wildman–Crippen MR) is 81.5 cm³/mol. The van der Waals surface area contributed by atoms with Gasteiger partial charge < -0.3 is 10.5 Å². The first-order valence-electron chi connectivity index (χ1n) is 7.12. The summed E-state index contributed by atoms with van der Waals surface area (Å²) in [4.78, 5) is 3.91. The minimum Gasteiger partial charge on any atom is -0.381 e. The number of methoxy groups -OCH3 is 1. The summed E-state index contributed by atoms with van der Waals surface area (Å²) in [6.45, 7) is 3.02. The molecule has 1 atom stereocenters. The van der Waals surface area contributed by atoms with Gasteiger partial charge in [-0.1, -0.05) is 6.07 Å². The highest BCUT2D eigenvalue weighted by Gasteiger charge is 2.39. The van der Waals surface area contributed by atoms with Crippen LogP contribution in [0.4, 0.5) is 0 Å². The lowest BCUT2D eigenvalue weighted by Gasteiger charge is -2.48. The second-order valence-electron chi connectivity index (χ2n) is 5.67. The van der Waals surface area contributed by atoms with E-state index >= 15 is 0 Å². The first kappa shape index (κ1) is 15.0. The fourth-order valence-corrected chi connectivity index (χ4v) is 4.02. The lowest BCUT2D eigenvalue weighted by atomic mass is 9.78. The molecule has 2 rings (SSSR count). The van der Waals surface area contributed by atoms with Crippen molar-refractivity contribution >= 4 is 11.3 Å². The summed E-state index contributed by atoms with van der Waals surface area (Å²) in [7, 11) is 4.04. The summed E-state index contributed by atoms with van der Waals surface area (Å²) < 4.78 is 5.48. The number of rotatable bonds is 5. The highest BCUT2D eigenvalue weighted by molar-refractivity contribution is 7.10.